The molecule has 1 aliphatic rings. The predicted molar refractivity (Wildman–Crippen MR) is 112 cm³/mol. The monoisotopic (exact) mass is 463 g/mol. The lowest BCUT2D eigenvalue weighted by Gasteiger charge is -2.27. The molecular formula is C22H20F3N3O3S. The van der Waals surface area contributed by atoms with Crippen molar-refractivity contribution >= 4 is 10.0 Å². The molecule has 168 valence electrons. The molecule has 1 N–H and O–H groups in total. The van der Waals surface area contributed by atoms with Gasteiger partial charge in [-0.2, -0.15) is 17.5 Å². The maximum atomic E-state index is 13.0. The molecule has 0 saturated heterocycles. The third-order valence-corrected chi connectivity index (χ3v) is 7.34. The first-order chi connectivity index (χ1) is 15.1. The number of nitrogens with one attached hydrogen (secondary N) is 1. The van der Waals surface area contributed by atoms with E-state index in [1.54, 1.807) is 0 Å². The van der Waals surface area contributed by atoms with Crippen LogP contribution < -0.4 is 5.56 Å². The van der Waals surface area contributed by atoms with Crippen molar-refractivity contribution in [2.45, 2.75) is 37.4 Å². The first-order valence-electron chi connectivity index (χ1n) is 9.88. The van der Waals surface area contributed by atoms with Crippen LogP contribution in [0.3, 0.4) is 0 Å². The average molecular weight is 463 g/mol. The fraction of sp³-hybridized carbons (Fsp3) is 0.273. The zero-order valence-electron chi connectivity index (χ0n) is 17.1. The van der Waals surface area contributed by atoms with E-state index >= 15 is 0 Å². The van der Waals surface area contributed by atoms with Crippen molar-refractivity contribution < 1.29 is 21.6 Å². The van der Waals surface area contributed by atoms with E-state index in [-0.39, 0.29) is 25.1 Å². The molecule has 0 fully saturated rings. The number of halogens is 3. The van der Waals surface area contributed by atoms with Gasteiger partial charge in [0.25, 0.3) is 5.56 Å². The van der Waals surface area contributed by atoms with Crippen molar-refractivity contribution in [2.75, 3.05) is 6.54 Å². The van der Waals surface area contributed by atoms with Gasteiger partial charge in [0.15, 0.2) is 0 Å². The Labute approximate surface area is 182 Å². The smallest absolute Gasteiger partial charge is 0.310 e. The molecular weight excluding hydrogens is 443 g/mol. The van der Waals surface area contributed by atoms with Crippen molar-refractivity contribution in [1.82, 2.24) is 14.3 Å². The lowest BCUT2D eigenvalue weighted by Crippen LogP contribution is -2.39. The maximum absolute atomic E-state index is 13.0. The van der Waals surface area contributed by atoms with Gasteiger partial charge >= 0.3 is 6.18 Å². The van der Waals surface area contributed by atoms with Crippen molar-refractivity contribution in [1.29, 1.82) is 0 Å². The van der Waals surface area contributed by atoms with E-state index in [4.69, 9.17) is 0 Å². The van der Waals surface area contributed by atoms with Gasteiger partial charge in [0.2, 0.25) is 10.0 Å². The summed E-state index contributed by atoms with van der Waals surface area (Å²) in [7, 11) is -4.22. The zero-order chi connectivity index (χ0) is 23.1. The number of nitrogens with zero attached hydrogens (tertiary/aromatic N) is 2. The Balaban J connectivity index is 1.61. The van der Waals surface area contributed by atoms with Crippen molar-refractivity contribution in [3.8, 4) is 0 Å². The Morgan fingerprint density at radius 3 is 2.59 bits per heavy atom. The Hall–Kier alpha value is -2.98. The van der Waals surface area contributed by atoms with Crippen LogP contribution in [0.1, 0.15) is 33.8 Å². The number of aromatic amines is 1. The molecule has 0 aliphatic carbocycles. The van der Waals surface area contributed by atoms with E-state index in [0.717, 1.165) is 33.6 Å². The molecule has 1 aliphatic heterocycles. The summed E-state index contributed by atoms with van der Waals surface area (Å²) < 4.78 is 66.0. The summed E-state index contributed by atoms with van der Waals surface area (Å²) in [6, 6.07) is 11.3. The number of hydrogen-bond acceptors (Lipinski definition) is 4. The first-order valence-corrected chi connectivity index (χ1v) is 11.3. The first kappa shape index (κ1) is 22.2. The summed E-state index contributed by atoms with van der Waals surface area (Å²) >= 11 is 0. The van der Waals surface area contributed by atoms with Crippen LogP contribution in [0, 0.1) is 6.92 Å². The molecule has 0 radical (unpaired) electrons. The minimum absolute atomic E-state index is 0.0197. The topological polar surface area (TPSA) is 83.1 Å². The highest BCUT2D eigenvalue weighted by Gasteiger charge is 2.34. The quantitative estimate of drug-likeness (QED) is 0.643. The number of aromatic nitrogens is 2. The third kappa shape index (κ3) is 4.33. The molecule has 3 aromatic rings. The number of benzene rings is 2. The van der Waals surface area contributed by atoms with Gasteiger partial charge in [-0.3, -0.25) is 4.79 Å². The Morgan fingerprint density at radius 2 is 1.88 bits per heavy atom. The van der Waals surface area contributed by atoms with Gasteiger partial charge in [-0.25, -0.2) is 13.4 Å². The van der Waals surface area contributed by atoms with Gasteiger partial charge in [-0.15, -0.1) is 0 Å². The number of alkyl halides is 3. The van der Waals surface area contributed by atoms with E-state index < -0.39 is 32.2 Å². The standard InChI is InChI=1S/C22H20F3N3O3S/c1-14-5-2-3-6-15(14)11-20-26-19-9-10-28(13-18(19)21(29)27-20)32(30,31)17-8-4-7-16(12-17)22(23,24)25/h2-8,12H,9-11,13H2,1H3,(H,26,27,29). The highest BCUT2D eigenvalue weighted by molar-refractivity contribution is 7.89. The molecule has 0 bridgehead atoms. The number of sulfonamides is 1. The largest absolute Gasteiger partial charge is 0.416 e. The summed E-state index contributed by atoms with van der Waals surface area (Å²) in [6.45, 7) is 1.73. The van der Waals surface area contributed by atoms with Crippen LogP contribution in [-0.4, -0.2) is 29.2 Å². The fourth-order valence-electron chi connectivity index (χ4n) is 3.71. The minimum atomic E-state index is -4.66. The molecule has 1 aromatic heterocycles. The van der Waals surface area contributed by atoms with Crippen LogP contribution >= 0.6 is 0 Å². The molecule has 0 spiro atoms. The number of rotatable bonds is 4. The highest BCUT2D eigenvalue weighted by Crippen LogP contribution is 2.32. The summed E-state index contributed by atoms with van der Waals surface area (Å²) in [5, 5.41) is 0. The second-order valence-corrected chi connectivity index (χ2v) is 9.59. The Morgan fingerprint density at radius 1 is 1.12 bits per heavy atom. The number of H-pyrrole nitrogens is 1. The van der Waals surface area contributed by atoms with E-state index in [2.05, 4.69) is 9.97 Å². The van der Waals surface area contributed by atoms with Crippen molar-refractivity contribution in [3.63, 3.8) is 0 Å². The van der Waals surface area contributed by atoms with Crippen LogP contribution in [0.2, 0.25) is 0 Å². The SMILES string of the molecule is Cc1ccccc1Cc1nc2c(c(=O)[nH]1)CN(S(=O)(=O)c1cccc(C(F)(F)F)c1)CC2. The van der Waals surface area contributed by atoms with Crippen LogP contribution in [0.5, 0.6) is 0 Å². The van der Waals surface area contributed by atoms with Gasteiger partial charge in [-0.1, -0.05) is 30.3 Å². The van der Waals surface area contributed by atoms with Gasteiger partial charge < -0.3 is 4.98 Å². The van der Waals surface area contributed by atoms with E-state index in [1.165, 1.54) is 0 Å². The number of fused-ring (bicyclic) bond motifs is 1. The van der Waals surface area contributed by atoms with Crippen molar-refractivity contribution in [2.24, 2.45) is 0 Å². The summed E-state index contributed by atoms with van der Waals surface area (Å²) in [5.41, 5.74) is 1.30. The van der Waals surface area contributed by atoms with Crippen LogP contribution in [0.15, 0.2) is 58.2 Å². The molecule has 4 rings (SSSR count). The van der Waals surface area contributed by atoms with Crippen molar-refractivity contribution in [3.05, 3.63) is 92.7 Å². The minimum Gasteiger partial charge on any atom is -0.310 e. The predicted octanol–water partition coefficient (Wildman–Crippen LogP) is 3.43. The highest BCUT2D eigenvalue weighted by atomic mass is 32.2. The number of aryl methyl sites for hydroxylation is 1. The lowest BCUT2D eigenvalue weighted by atomic mass is 10.0. The third-order valence-electron chi connectivity index (χ3n) is 5.50. The maximum Gasteiger partial charge on any atom is 0.416 e. The van der Waals surface area contributed by atoms with Crippen LogP contribution in [0.4, 0.5) is 13.2 Å². The summed E-state index contributed by atoms with van der Waals surface area (Å²) in [5.74, 6) is 0.484. The van der Waals surface area contributed by atoms with E-state index in [0.29, 0.717) is 24.0 Å². The Bertz CT molecular complexity index is 1330. The summed E-state index contributed by atoms with van der Waals surface area (Å²) in [6.07, 6.45) is -4.03. The average Bonchev–Trinajstić information content (AvgIpc) is 2.75. The van der Waals surface area contributed by atoms with Gasteiger partial charge in [-0.05, 0) is 36.2 Å². The fourth-order valence-corrected chi connectivity index (χ4v) is 5.17. The van der Waals surface area contributed by atoms with E-state index in [1.807, 2.05) is 31.2 Å². The second-order valence-electron chi connectivity index (χ2n) is 7.66. The second kappa shape index (κ2) is 8.18. The zero-order valence-corrected chi connectivity index (χ0v) is 17.9. The summed E-state index contributed by atoms with van der Waals surface area (Å²) in [4.78, 5) is 19.5. The molecule has 2 aromatic carbocycles. The number of hydrogen-bond donors (Lipinski definition) is 1. The van der Waals surface area contributed by atoms with Gasteiger partial charge in [0.1, 0.15) is 5.82 Å². The van der Waals surface area contributed by atoms with Crippen LogP contribution in [-0.2, 0) is 35.6 Å². The molecule has 0 amide bonds. The van der Waals surface area contributed by atoms with Gasteiger partial charge in [0, 0.05) is 25.9 Å². The molecule has 0 atom stereocenters. The molecule has 32 heavy (non-hydrogen) atoms. The lowest BCUT2D eigenvalue weighted by molar-refractivity contribution is -0.137. The normalized spacial score (nSPS) is 14.9. The molecule has 0 saturated carbocycles. The van der Waals surface area contributed by atoms with Gasteiger partial charge in [0.05, 0.1) is 21.7 Å². The molecule has 6 nitrogen and oxygen atoms in total. The van der Waals surface area contributed by atoms with Crippen LogP contribution in [0.25, 0.3) is 0 Å². The molecule has 0 unspecified atom stereocenters. The Kier molecular flexibility index (Phi) is 5.68. The molecule has 2 heterocycles. The molecule has 10 heteroatoms. The van der Waals surface area contributed by atoms with E-state index in [9.17, 15) is 26.4 Å².